The fraction of sp³-hybridized carbons (Fsp3) is 0.375. The Bertz CT molecular complexity index is 1740. The number of anilines is 1. The Morgan fingerprint density at radius 3 is 2.17 bits per heavy atom. The summed E-state index contributed by atoms with van der Waals surface area (Å²) in [6.45, 7) is 1.66. The van der Waals surface area contributed by atoms with Crippen LogP contribution in [-0.2, 0) is 43.8 Å². The molecule has 18 heteroatoms. The second-order valence-corrected chi connectivity index (χ2v) is 12.9. The van der Waals surface area contributed by atoms with Gasteiger partial charge in [-0.3, -0.25) is 4.72 Å². The number of halogens is 7. The molecule has 0 saturated carbocycles. The number of aromatic nitrogens is 2. The van der Waals surface area contributed by atoms with Crippen LogP contribution in [-0.4, -0.2) is 51.8 Å². The summed E-state index contributed by atoms with van der Waals surface area (Å²) in [7, 11) is -8.03. The first-order valence-electron chi connectivity index (χ1n) is 11.8. The zero-order valence-corrected chi connectivity index (χ0v) is 23.5. The van der Waals surface area contributed by atoms with Gasteiger partial charge in [-0.05, 0) is 37.5 Å². The second-order valence-electron chi connectivity index (χ2n) is 9.38. The van der Waals surface area contributed by atoms with Crippen molar-refractivity contribution in [3.63, 3.8) is 0 Å². The van der Waals surface area contributed by atoms with Gasteiger partial charge >= 0.3 is 12.4 Å². The third-order valence-electron chi connectivity index (χ3n) is 6.80. The smallest absolute Gasteiger partial charge is 0.436 e. The van der Waals surface area contributed by atoms with E-state index in [9.17, 15) is 47.6 Å². The Morgan fingerprint density at radius 1 is 1.02 bits per heavy atom. The van der Waals surface area contributed by atoms with Gasteiger partial charge in [0, 0.05) is 31.5 Å². The molecule has 0 aliphatic heterocycles. The van der Waals surface area contributed by atoms with Crippen molar-refractivity contribution in [1.82, 2.24) is 8.96 Å². The lowest BCUT2D eigenvalue weighted by Crippen LogP contribution is -2.51. The third kappa shape index (κ3) is 5.42. The molecule has 4 rings (SSSR count). The van der Waals surface area contributed by atoms with Gasteiger partial charge < -0.3 is 9.47 Å². The van der Waals surface area contributed by atoms with Crippen molar-refractivity contribution >= 4 is 25.7 Å². The molecule has 1 aliphatic rings. The molecule has 1 aromatic carbocycles. The minimum absolute atomic E-state index is 0.165. The zero-order chi connectivity index (χ0) is 31.5. The van der Waals surface area contributed by atoms with Crippen molar-refractivity contribution in [2.45, 2.75) is 53.9 Å². The Kier molecular flexibility index (Phi) is 7.82. The molecule has 0 saturated heterocycles. The molecule has 3 aromatic rings. The number of pyridine rings is 1. The van der Waals surface area contributed by atoms with E-state index in [1.54, 1.807) is 6.92 Å². The number of hydrogen-bond acceptors (Lipinski definition) is 7. The monoisotopic (exact) mass is 645 g/mol. The van der Waals surface area contributed by atoms with E-state index in [1.807, 2.05) is 4.72 Å². The number of hydrogen-bond donors (Lipinski definition) is 1. The normalized spacial score (nSPS) is 18.0. The van der Waals surface area contributed by atoms with Gasteiger partial charge in [0.15, 0.2) is 17.1 Å². The SMILES string of the molecule is COc1nc(C(F)(F)F)c(F)cc1NS(=O)(=O)c1cn(S(=O)(=O)c2ccc(C)cc2)c2c1CC[C@](OC)(C(F)(F)F)C2. The largest absolute Gasteiger partial charge is 0.479 e. The zero-order valence-electron chi connectivity index (χ0n) is 21.9. The number of ether oxygens (including phenoxy) is 2. The highest BCUT2D eigenvalue weighted by Gasteiger charge is 2.58. The maximum Gasteiger partial charge on any atom is 0.436 e. The molecule has 0 unspecified atom stereocenters. The summed E-state index contributed by atoms with van der Waals surface area (Å²) in [5.41, 5.74) is -5.89. The maximum absolute atomic E-state index is 14.2. The number of aryl methyl sites for hydroxylation is 1. The van der Waals surface area contributed by atoms with Crippen molar-refractivity contribution in [2.24, 2.45) is 0 Å². The van der Waals surface area contributed by atoms with Crippen molar-refractivity contribution in [3.05, 3.63) is 64.9 Å². The van der Waals surface area contributed by atoms with Crippen molar-refractivity contribution in [3.8, 4) is 5.88 Å². The van der Waals surface area contributed by atoms with Crippen LogP contribution in [0.4, 0.5) is 36.4 Å². The molecule has 2 aromatic heterocycles. The van der Waals surface area contributed by atoms with Crippen molar-refractivity contribution in [1.29, 1.82) is 0 Å². The van der Waals surface area contributed by atoms with Gasteiger partial charge in [-0.15, -0.1) is 0 Å². The Balaban J connectivity index is 1.91. The highest BCUT2D eigenvalue weighted by molar-refractivity contribution is 7.93. The number of fused-ring (bicyclic) bond motifs is 1. The molecule has 9 nitrogen and oxygen atoms in total. The van der Waals surface area contributed by atoms with Gasteiger partial charge in [0.2, 0.25) is 5.88 Å². The van der Waals surface area contributed by atoms with Crippen molar-refractivity contribution < 1.29 is 57.0 Å². The van der Waals surface area contributed by atoms with E-state index >= 15 is 0 Å². The van der Waals surface area contributed by atoms with Gasteiger partial charge in [0.25, 0.3) is 20.0 Å². The molecule has 230 valence electrons. The van der Waals surface area contributed by atoms with E-state index in [0.717, 1.165) is 14.2 Å². The predicted molar refractivity (Wildman–Crippen MR) is 133 cm³/mol. The van der Waals surface area contributed by atoms with E-state index in [4.69, 9.17) is 4.74 Å². The molecule has 0 fully saturated rings. The fourth-order valence-corrected chi connectivity index (χ4v) is 7.39. The number of methoxy groups -OCH3 is 2. The van der Waals surface area contributed by atoms with Crippen LogP contribution in [0.25, 0.3) is 0 Å². The van der Waals surface area contributed by atoms with Crippen LogP contribution >= 0.6 is 0 Å². The predicted octanol–water partition coefficient (Wildman–Crippen LogP) is 4.83. The van der Waals surface area contributed by atoms with E-state index in [-0.39, 0.29) is 16.5 Å². The summed E-state index contributed by atoms with van der Waals surface area (Å²) in [5, 5.41) is 0. The van der Waals surface area contributed by atoms with Gasteiger partial charge in [-0.25, -0.2) is 30.2 Å². The van der Waals surface area contributed by atoms with E-state index in [0.29, 0.717) is 15.7 Å². The quantitative estimate of drug-likeness (QED) is 0.366. The first kappa shape index (κ1) is 31.6. The molecule has 42 heavy (non-hydrogen) atoms. The summed E-state index contributed by atoms with van der Waals surface area (Å²) < 4.78 is 162. The molecule has 2 heterocycles. The number of sulfonamides is 1. The molecular formula is C24H22F7N3O6S2. The molecule has 0 bridgehead atoms. The van der Waals surface area contributed by atoms with Crippen LogP contribution in [0.15, 0.2) is 46.3 Å². The molecule has 1 aliphatic carbocycles. The minimum Gasteiger partial charge on any atom is -0.479 e. The van der Waals surface area contributed by atoms with Gasteiger partial charge in [-0.2, -0.15) is 26.3 Å². The second kappa shape index (κ2) is 10.4. The number of nitrogens with one attached hydrogen (secondary N) is 1. The third-order valence-corrected chi connectivity index (χ3v) is 9.93. The molecule has 0 amide bonds. The Morgan fingerprint density at radius 2 is 1.64 bits per heavy atom. The summed E-state index contributed by atoms with van der Waals surface area (Å²) in [4.78, 5) is 1.82. The first-order chi connectivity index (χ1) is 19.3. The number of benzene rings is 1. The summed E-state index contributed by atoms with van der Waals surface area (Å²) in [6, 6.07) is 5.38. The lowest BCUT2D eigenvalue weighted by atomic mass is 9.83. The molecule has 0 spiro atoms. The lowest BCUT2D eigenvalue weighted by molar-refractivity contribution is -0.273. The maximum atomic E-state index is 14.2. The highest BCUT2D eigenvalue weighted by atomic mass is 32.2. The standard InChI is InChI=1S/C24H22F7N3O6S2/c1-13-4-6-14(7-5-13)42(37,38)34-12-19(15-8-9-22(40-3,11-18(15)34)24(29,30)31)41(35,36)33-17-10-16(25)20(23(26,27)28)32-21(17)39-2/h4-7,10,12,33H,8-9,11H2,1-3H3/t22-/m1/s1. The minimum atomic E-state index is -5.25. The molecular weight excluding hydrogens is 623 g/mol. The first-order valence-corrected chi connectivity index (χ1v) is 14.7. The van der Waals surface area contributed by atoms with Crippen LogP contribution in [0.2, 0.25) is 0 Å². The van der Waals surface area contributed by atoms with Crippen molar-refractivity contribution in [2.75, 3.05) is 18.9 Å². The highest BCUT2D eigenvalue weighted by Crippen LogP contribution is 2.46. The van der Waals surface area contributed by atoms with Gasteiger partial charge in [-0.1, -0.05) is 17.7 Å². The number of alkyl halides is 6. The number of rotatable bonds is 7. The van der Waals surface area contributed by atoms with Crippen LogP contribution in [0.1, 0.15) is 28.9 Å². The summed E-state index contributed by atoms with van der Waals surface area (Å²) in [6.07, 6.45) is -12.1. The Labute approximate surface area is 235 Å². The average Bonchev–Trinajstić information content (AvgIpc) is 3.28. The fourth-order valence-electron chi connectivity index (χ4n) is 4.58. The molecule has 0 radical (unpaired) electrons. The van der Waals surface area contributed by atoms with Crippen LogP contribution in [0, 0.1) is 12.7 Å². The van der Waals surface area contributed by atoms with Crippen LogP contribution < -0.4 is 9.46 Å². The summed E-state index contributed by atoms with van der Waals surface area (Å²) >= 11 is 0. The lowest BCUT2D eigenvalue weighted by Gasteiger charge is -2.38. The molecule has 1 N–H and O–H groups in total. The van der Waals surface area contributed by atoms with Gasteiger partial charge in [0.05, 0.1) is 12.0 Å². The molecule has 1 atom stereocenters. The Hall–Kier alpha value is -3.38. The topological polar surface area (TPSA) is 117 Å². The van der Waals surface area contributed by atoms with Crippen LogP contribution in [0.5, 0.6) is 5.88 Å². The van der Waals surface area contributed by atoms with Gasteiger partial charge in [0.1, 0.15) is 10.6 Å². The average molecular weight is 646 g/mol. The van der Waals surface area contributed by atoms with E-state index in [2.05, 4.69) is 9.72 Å². The number of nitrogens with zero attached hydrogens (tertiary/aromatic N) is 2. The van der Waals surface area contributed by atoms with E-state index < -0.39 is 90.9 Å². The van der Waals surface area contributed by atoms with Crippen LogP contribution in [0.3, 0.4) is 0 Å². The summed E-state index contributed by atoms with van der Waals surface area (Å²) in [5.74, 6) is -2.92. The van der Waals surface area contributed by atoms with E-state index in [1.165, 1.54) is 24.3 Å².